The van der Waals surface area contributed by atoms with E-state index in [0.29, 0.717) is 6.54 Å². The molecular formula is C15H23BrClNO2S. The second kappa shape index (κ2) is 7.95. The van der Waals surface area contributed by atoms with Gasteiger partial charge >= 0.3 is 0 Å². The van der Waals surface area contributed by atoms with Crippen LogP contribution in [-0.4, -0.2) is 25.3 Å². The molecule has 0 bridgehead atoms. The first-order valence-corrected chi connectivity index (χ1v) is 9.82. The molecule has 0 amide bonds. The van der Waals surface area contributed by atoms with Crippen molar-refractivity contribution in [1.29, 1.82) is 0 Å². The van der Waals surface area contributed by atoms with Gasteiger partial charge in [-0.15, -0.1) is 0 Å². The molecular weight excluding hydrogens is 374 g/mol. The maximum atomic E-state index is 13.0. The van der Waals surface area contributed by atoms with Crippen LogP contribution in [-0.2, 0) is 10.0 Å². The van der Waals surface area contributed by atoms with Crippen LogP contribution in [0.25, 0.3) is 0 Å². The molecule has 1 rings (SSSR count). The maximum absolute atomic E-state index is 13.0. The summed E-state index contributed by atoms with van der Waals surface area (Å²) in [6.45, 7) is 8.57. The van der Waals surface area contributed by atoms with E-state index in [2.05, 4.69) is 15.9 Å². The third kappa shape index (κ3) is 4.68. The van der Waals surface area contributed by atoms with Gasteiger partial charge in [-0.05, 0) is 37.0 Å². The molecule has 6 heteroatoms. The van der Waals surface area contributed by atoms with E-state index in [-0.39, 0.29) is 21.9 Å². The van der Waals surface area contributed by atoms with Gasteiger partial charge in [0.25, 0.3) is 0 Å². The van der Waals surface area contributed by atoms with Crippen LogP contribution in [0.4, 0.5) is 0 Å². The predicted octanol–water partition coefficient (Wildman–Crippen LogP) is 4.94. The molecule has 0 radical (unpaired) electrons. The first-order valence-electron chi connectivity index (χ1n) is 7.20. The van der Waals surface area contributed by atoms with Gasteiger partial charge in [0.1, 0.15) is 4.90 Å². The van der Waals surface area contributed by atoms with Crippen molar-refractivity contribution < 1.29 is 8.42 Å². The average molecular weight is 397 g/mol. The minimum absolute atomic E-state index is 0.00267. The van der Waals surface area contributed by atoms with Gasteiger partial charge in [-0.25, -0.2) is 8.42 Å². The first kappa shape index (κ1) is 18.9. The number of nitrogens with zero attached hydrogens (tertiary/aromatic N) is 1. The molecule has 3 nitrogen and oxygen atoms in total. The molecule has 0 saturated heterocycles. The van der Waals surface area contributed by atoms with E-state index in [9.17, 15) is 8.42 Å². The van der Waals surface area contributed by atoms with Gasteiger partial charge in [-0.3, -0.25) is 0 Å². The van der Waals surface area contributed by atoms with Crippen LogP contribution in [0, 0.1) is 5.92 Å². The summed E-state index contributed by atoms with van der Waals surface area (Å²) >= 11 is 9.45. The van der Waals surface area contributed by atoms with Crippen molar-refractivity contribution in [3.8, 4) is 0 Å². The summed E-state index contributed by atoms with van der Waals surface area (Å²) in [5.41, 5.74) is 0. The molecule has 0 unspecified atom stereocenters. The van der Waals surface area contributed by atoms with Crippen LogP contribution < -0.4 is 0 Å². The Kier molecular flexibility index (Phi) is 7.17. The van der Waals surface area contributed by atoms with Crippen LogP contribution >= 0.6 is 27.5 Å². The topological polar surface area (TPSA) is 37.4 Å². The summed E-state index contributed by atoms with van der Waals surface area (Å²) in [4.78, 5) is 0.180. The lowest BCUT2D eigenvalue weighted by atomic mass is 10.1. The quantitative estimate of drug-likeness (QED) is 0.654. The minimum atomic E-state index is -3.59. The number of halogens is 2. The van der Waals surface area contributed by atoms with E-state index in [1.807, 2.05) is 27.7 Å². The zero-order chi connectivity index (χ0) is 16.2. The summed E-state index contributed by atoms with van der Waals surface area (Å²) in [7, 11) is -3.59. The molecule has 120 valence electrons. The van der Waals surface area contributed by atoms with Gasteiger partial charge in [0.2, 0.25) is 10.0 Å². The zero-order valence-electron chi connectivity index (χ0n) is 12.9. The smallest absolute Gasteiger partial charge is 0.207 e. The first-order chi connectivity index (χ1) is 9.73. The van der Waals surface area contributed by atoms with E-state index < -0.39 is 10.0 Å². The van der Waals surface area contributed by atoms with Gasteiger partial charge in [0.05, 0.1) is 5.02 Å². The standard InChI is InChI=1S/C15H23BrClNO2S/c1-5-13(6-2)18(10-11(3)4)21(19,20)15-8-7-12(16)9-14(15)17/h7-9,11,13H,5-6,10H2,1-4H3. The summed E-state index contributed by atoms with van der Waals surface area (Å²) in [6.07, 6.45) is 1.58. The summed E-state index contributed by atoms with van der Waals surface area (Å²) in [6, 6.07) is 4.89. The molecule has 0 aliphatic carbocycles. The lowest BCUT2D eigenvalue weighted by Crippen LogP contribution is -2.42. The van der Waals surface area contributed by atoms with Gasteiger partial charge in [0, 0.05) is 17.1 Å². The molecule has 1 aromatic rings. The third-order valence-corrected chi connectivity index (χ3v) is 6.27. The molecule has 0 aromatic heterocycles. The lowest BCUT2D eigenvalue weighted by molar-refractivity contribution is 0.277. The van der Waals surface area contributed by atoms with Gasteiger partial charge < -0.3 is 0 Å². The second-order valence-corrected chi connectivity index (χ2v) is 8.70. The maximum Gasteiger partial charge on any atom is 0.244 e. The van der Waals surface area contributed by atoms with E-state index in [4.69, 9.17) is 11.6 Å². The largest absolute Gasteiger partial charge is 0.244 e. The molecule has 0 aliphatic rings. The SMILES string of the molecule is CCC(CC)N(CC(C)C)S(=O)(=O)c1ccc(Br)cc1Cl. The minimum Gasteiger partial charge on any atom is -0.207 e. The molecule has 0 saturated carbocycles. The fourth-order valence-corrected chi connectivity index (χ4v) is 5.26. The summed E-state index contributed by atoms with van der Waals surface area (Å²) in [5, 5.41) is 0.254. The third-order valence-electron chi connectivity index (χ3n) is 3.38. The molecule has 0 aliphatic heterocycles. The van der Waals surface area contributed by atoms with Crippen molar-refractivity contribution in [1.82, 2.24) is 4.31 Å². The van der Waals surface area contributed by atoms with E-state index in [1.165, 1.54) is 0 Å². The second-order valence-electron chi connectivity index (χ2n) is 5.51. The van der Waals surface area contributed by atoms with Crippen LogP contribution in [0.15, 0.2) is 27.6 Å². The van der Waals surface area contributed by atoms with Crippen molar-refractivity contribution >= 4 is 37.6 Å². The summed E-state index contributed by atoms with van der Waals surface area (Å²) in [5.74, 6) is 0.259. The average Bonchev–Trinajstić information content (AvgIpc) is 2.38. The van der Waals surface area contributed by atoms with Gasteiger partial charge in [-0.2, -0.15) is 4.31 Å². The molecule has 0 atom stereocenters. The number of hydrogen-bond acceptors (Lipinski definition) is 2. The van der Waals surface area contributed by atoms with Crippen LogP contribution in [0.5, 0.6) is 0 Å². The fraction of sp³-hybridized carbons (Fsp3) is 0.600. The van der Waals surface area contributed by atoms with Crippen LogP contribution in [0.3, 0.4) is 0 Å². The Morgan fingerprint density at radius 1 is 1.24 bits per heavy atom. The molecule has 21 heavy (non-hydrogen) atoms. The molecule has 0 N–H and O–H groups in total. The van der Waals surface area contributed by atoms with Gasteiger partial charge in [0.15, 0.2) is 0 Å². The normalized spacial score (nSPS) is 12.6. The monoisotopic (exact) mass is 395 g/mol. The highest BCUT2D eigenvalue weighted by molar-refractivity contribution is 9.10. The van der Waals surface area contributed by atoms with Crippen LogP contribution in [0.2, 0.25) is 5.02 Å². The molecule has 0 spiro atoms. The zero-order valence-corrected chi connectivity index (χ0v) is 16.1. The number of rotatable bonds is 7. The molecule has 0 fully saturated rings. The van der Waals surface area contributed by atoms with E-state index in [1.54, 1.807) is 22.5 Å². The Morgan fingerprint density at radius 2 is 1.81 bits per heavy atom. The Morgan fingerprint density at radius 3 is 2.24 bits per heavy atom. The highest BCUT2D eigenvalue weighted by atomic mass is 79.9. The highest BCUT2D eigenvalue weighted by Gasteiger charge is 2.31. The highest BCUT2D eigenvalue weighted by Crippen LogP contribution is 2.30. The summed E-state index contributed by atoms with van der Waals surface area (Å²) < 4.78 is 28.3. The van der Waals surface area contributed by atoms with E-state index in [0.717, 1.165) is 17.3 Å². The molecule has 1 aromatic carbocycles. The van der Waals surface area contributed by atoms with Crippen molar-refractivity contribution in [2.75, 3.05) is 6.54 Å². The number of hydrogen-bond donors (Lipinski definition) is 0. The number of sulfonamides is 1. The fourth-order valence-electron chi connectivity index (χ4n) is 2.31. The Hall–Kier alpha value is -0.100. The number of benzene rings is 1. The Balaban J connectivity index is 3.32. The molecule has 0 heterocycles. The van der Waals surface area contributed by atoms with Crippen molar-refractivity contribution in [2.45, 2.75) is 51.5 Å². The van der Waals surface area contributed by atoms with Crippen molar-refractivity contribution in [3.05, 3.63) is 27.7 Å². The lowest BCUT2D eigenvalue weighted by Gasteiger charge is -2.31. The van der Waals surface area contributed by atoms with Crippen LogP contribution in [0.1, 0.15) is 40.5 Å². The Bertz CT molecular complexity index is 571. The Labute approximate surface area is 141 Å². The van der Waals surface area contributed by atoms with E-state index >= 15 is 0 Å². The van der Waals surface area contributed by atoms with Gasteiger partial charge in [-0.1, -0.05) is 55.2 Å². The van der Waals surface area contributed by atoms with Crippen molar-refractivity contribution in [3.63, 3.8) is 0 Å². The van der Waals surface area contributed by atoms with Crippen molar-refractivity contribution in [2.24, 2.45) is 5.92 Å². The predicted molar refractivity (Wildman–Crippen MR) is 92.3 cm³/mol.